The molecule has 0 heterocycles. The molecule has 1 aliphatic carbocycles. The molecule has 1 aromatic rings. The first-order valence-corrected chi connectivity index (χ1v) is 5.83. The maximum absolute atomic E-state index is 10.8. The molecule has 98 valence electrons. The molecule has 18 heavy (non-hydrogen) atoms. The minimum Gasteiger partial charge on any atom is -0.504 e. The number of rotatable bonds is 5. The van der Waals surface area contributed by atoms with Gasteiger partial charge in [0.05, 0.1) is 18.1 Å². The van der Waals surface area contributed by atoms with Crippen molar-refractivity contribution in [3.8, 4) is 11.5 Å². The summed E-state index contributed by atoms with van der Waals surface area (Å²) >= 11 is 0. The van der Waals surface area contributed by atoms with E-state index in [-0.39, 0.29) is 17.2 Å². The fourth-order valence-corrected chi connectivity index (χ4v) is 2.00. The molecule has 0 radical (unpaired) electrons. The highest BCUT2D eigenvalue weighted by Crippen LogP contribution is 2.42. The Labute approximate surface area is 105 Å². The molecular weight excluding hydrogens is 236 g/mol. The van der Waals surface area contributed by atoms with Crippen LogP contribution < -0.4 is 10.5 Å². The first-order chi connectivity index (χ1) is 8.52. The van der Waals surface area contributed by atoms with Gasteiger partial charge in [-0.25, -0.2) is 0 Å². The van der Waals surface area contributed by atoms with E-state index in [2.05, 4.69) is 0 Å². The number of hydrogen-bond donors (Lipinski definition) is 2. The van der Waals surface area contributed by atoms with Crippen molar-refractivity contribution >= 4 is 5.69 Å². The van der Waals surface area contributed by atoms with E-state index in [0.717, 1.165) is 19.3 Å². The van der Waals surface area contributed by atoms with Gasteiger partial charge in [0.25, 0.3) is 5.69 Å². The number of non-ortho nitro benzene ring substituents is 1. The van der Waals surface area contributed by atoms with Crippen LogP contribution in [0.5, 0.6) is 11.5 Å². The second kappa shape index (κ2) is 4.81. The van der Waals surface area contributed by atoms with Gasteiger partial charge in [0, 0.05) is 17.7 Å². The van der Waals surface area contributed by atoms with Crippen LogP contribution in [0.15, 0.2) is 12.1 Å². The number of methoxy groups -OCH3 is 1. The Bertz CT molecular complexity index is 471. The number of aromatic hydroxyl groups is 1. The number of nitrogens with two attached hydrogens (primary N) is 1. The zero-order valence-corrected chi connectivity index (χ0v) is 10.1. The maximum atomic E-state index is 10.8. The van der Waals surface area contributed by atoms with E-state index in [1.165, 1.54) is 19.2 Å². The third-order valence-electron chi connectivity index (χ3n) is 3.20. The summed E-state index contributed by atoms with van der Waals surface area (Å²) in [6.07, 6.45) is 3.01. The summed E-state index contributed by atoms with van der Waals surface area (Å²) in [5.74, 6) is 0.561. The van der Waals surface area contributed by atoms with Crippen molar-refractivity contribution in [2.24, 2.45) is 11.7 Å². The highest BCUT2D eigenvalue weighted by atomic mass is 16.6. The van der Waals surface area contributed by atoms with Gasteiger partial charge in [-0.05, 0) is 12.3 Å². The first kappa shape index (κ1) is 12.6. The van der Waals surface area contributed by atoms with Crippen molar-refractivity contribution in [2.45, 2.75) is 25.3 Å². The Balaban J connectivity index is 2.36. The number of nitro groups is 1. The smallest absolute Gasteiger partial charge is 0.273 e. The molecule has 0 unspecified atom stereocenters. The van der Waals surface area contributed by atoms with Crippen molar-refractivity contribution in [3.05, 3.63) is 27.8 Å². The van der Waals surface area contributed by atoms with Crippen LogP contribution in [0.25, 0.3) is 0 Å². The van der Waals surface area contributed by atoms with Crippen molar-refractivity contribution in [1.82, 2.24) is 0 Å². The highest BCUT2D eigenvalue weighted by Gasteiger charge is 2.27. The summed E-state index contributed by atoms with van der Waals surface area (Å²) in [6, 6.07) is 2.12. The van der Waals surface area contributed by atoms with Crippen LogP contribution in [0, 0.1) is 16.0 Å². The number of phenolic OH excluding ortho intramolecular Hbond substituents is 1. The summed E-state index contributed by atoms with van der Waals surface area (Å²) in [7, 11) is 1.36. The monoisotopic (exact) mass is 252 g/mol. The van der Waals surface area contributed by atoms with Gasteiger partial charge in [-0.3, -0.25) is 10.1 Å². The van der Waals surface area contributed by atoms with Crippen LogP contribution in [0.4, 0.5) is 5.69 Å². The van der Waals surface area contributed by atoms with E-state index >= 15 is 0 Å². The summed E-state index contributed by atoms with van der Waals surface area (Å²) in [5.41, 5.74) is 6.25. The van der Waals surface area contributed by atoms with Crippen LogP contribution in [0.3, 0.4) is 0 Å². The molecule has 0 aromatic heterocycles. The predicted molar refractivity (Wildman–Crippen MR) is 65.6 cm³/mol. The van der Waals surface area contributed by atoms with Crippen LogP contribution >= 0.6 is 0 Å². The van der Waals surface area contributed by atoms with Crippen molar-refractivity contribution in [1.29, 1.82) is 0 Å². The number of benzene rings is 1. The Morgan fingerprint density at radius 2 is 2.28 bits per heavy atom. The molecule has 2 rings (SSSR count). The molecule has 1 aliphatic rings. The van der Waals surface area contributed by atoms with E-state index in [1.54, 1.807) is 0 Å². The second-order valence-corrected chi connectivity index (χ2v) is 4.63. The molecule has 0 aliphatic heterocycles. The molecule has 1 atom stereocenters. The molecule has 1 saturated carbocycles. The predicted octanol–water partition coefficient (Wildman–Crippen LogP) is 2.11. The number of phenols is 1. The van der Waals surface area contributed by atoms with Gasteiger partial charge in [-0.1, -0.05) is 12.8 Å². The minimum absolute atomic E-state index is 0.0884. The van der Waals surface area contributed by atoms with Crippen LogP contribution in [-0.2, 0) is 0 Å². The normalized spacial score (nSPS) is 16.3. The van der Waals surface area contributed by atoms with Gasteiger partial charge in [-0.2, -0.15) is 0 Å². The average Bonchev–Trinajstić information content (AvgIpc) is 3.12. The van der Waals surface area contributed by atoms with Gasteiger partial charge in [0.1, 0.15) is 0 Å². The fraction of sp³-hybridized carbons (Fsp3) is 0.500. The zero-order chi connectivity index (χ0) is 13.3. The Hall–Kier alpha value is -1.82. The maximum Gasteiger partial charge on any atom is 0.273 e. The Morgan fingerprint density at radius 3 is 2.78 bits per heavy atom. The van der Waals surface area contributed by atoms with Gasteiger partial charge in [0.15, 0.2) is 11.5 Å². The summed E-state index contributed by atoms with van der Waals surface area (Å²) in [5, 5.41) is 20.8. The number of hydrogen-bond acceptors (Lipinski definition) is 5. The van der Waals surface area contributed by atoms with E-state index in [9.17, 15) is 15.2 Å². The Kier molecular flexibility index (Phi) is 3.38. The molecule has 0 amide bonds. The molecule has 0 saturated heterocycles. The van der Waals surface area contributed by atoms with Gasteiger partial charge < -0.3 is 15.6 Å². The van der Waals surface area contributed by atoms with E-state index in [4.69, 9.17) is 10.5 Å². The number of nitrogens with zero attached hydrogens (tertiary/aromatic N) is 1. The number of nitro benzene ring substituents is 1. The quantitative estimate of drug-likeness (QED) is 0.617. The zero-order valence-electron chi connectivity index (χ0n) is 10.1. The van der Waals surface area contributed by atoms with Gasteiger partial charge >= 0.3 is 0 Å². The summed E-state index contributed by atoms with van der Waals surface area (Å²) < 4.78 is 4.94. The standard InChI is InChI=1S/C12H16N2O4/c1-18-11-6-8(14(16)17)5-9(12(11)15)10(13)4-7-2-3-7/h5-7,10,15H,2-4,13H2,1H3/t10-/m1/s1. The third-order valence-corrected chi connectivity index (χ3v) is 3.20. The second-order valence-electron chi connectivity index (χ2n) is 4.63. The van der Waals surface area contributed by atoms with Crippen molar-refractivity contribution in [3.63, 3.8) is 0 Å². The topological polar surface area (TPSA) is 98.6 Å². The lowest BCUT2D eigenvalue weighted by Gasteiger charge is -2.15. The van der Waals surface area contributed by atoms with Crippen LogP contribution in [-0.4, -0.2) is 17.1 Å². The van der Waals surface area contributed by atoms with E-state index in [0.29, 0.717) is 11.5 Å². The molecular formula is C12H16N2O4. The summed E-state index contributed by atoms with van der Waals surface area (Å²) in [4.78, 5) is 10.3. The molecule has 3 N–H and O–H groups in total. The lowest BCUT2D eigenvalue weighted by molar-refractivity contribution is -0.385. The van der Waals surface area contributed by atoms with E-state index in [1.807, 2.05) is 0 Å². The lowest BCUT2D eigenvalue weighted by Crippen LogP contribution is -2.12. The number of ether oxygens (including phenoxy) is 1. The van der Waals surface area contributed by atoms with Crippen molar-refractivity contribution in [2.75, 3.05) is 7.11 Å². The van der Waals surface area contributed by atoms with Crippen LogP contribution in [0.1, 0.15) is 30.9 Å². The lowest BCUT2D eigenvalue weighted by atomic mass is 10.00. The molecule has 6 nitrogen and oxygen atoms in total. The molecule has 0 bridgehead atoms. The van der Waals surface area contributed by atoms with Crippen LogP contribution in [0.2, 0.25) is 0 Å². The average molecular weight is 252 g/mol. The van der Waals surface area contributed by atoms with Crippen molar-refractivity contribution < 1.29 is 14.8 Å². The molecule has 6 heteroatoms. The third kappa shape index (κ3) is 2.53. The van der Waals surface area contributed by atoms with Gasteiger partial charge in [0.2, 0.25) is 0 Å². The van der Waals surface area contributed by atoms with E-state index < -0.39 is 11.0 Å². The fourth-order valence-electron chi connectivity index (χ4n) is 2.00. The highest BCUT2D eigenvalue weighted by molar-refractivity contribution is 5.54. The molecule has 1 fully saturated rings. The SMILES string of the molecule is COc1cc([N+](=O)[O-])cc([C@H](N)CC2CC2)c1O. The molecule has 0 spiro atoms. The minimum atomic E-state index is -0.519. The Morgan fingerprint density at radius 1 is 1.61 bits per heavy atom. The first-order valence-electron chi connectivity index (χ1n) is 5.83. The largest absolute Gasteiger partial charge is 0.504 e. The molecule has 1 aromatic carbocycles. The van der Waals surface area contributed by atoms with Gasteiger partial charge in [-0.15, -0.1) is 0 Å². The summed E-state index contributed by atoms with van der Waals surface area (Å²) in [6.45, 7) is 0.